The molecule has 5 heteroatoms. The van der Waals surface area contributed by atoms with Crippen molar-refractivity contribution in [2.45, 2.75) is 122 Å². The zero-order valence-electron chi connectivity index (χ0n) is 18.2. The van der Waals surface area contributed by atoms with Crippen molar-refractivity contribution in [1.29, 1.82) is 0 Å². The molecule has 0 heterocycles. The molecule has 0 atom stereocenters. The fourth-order valence-electron chi connectivity index (χ4n) is 3.38. The van der Waals surface area contributed by atoms with Crippen LogP contribution >= 0.6 is 11.6 Å². The minimum atomic E-state index is -0.177. The Hall–Kier alpha value is -0.770. The number of alkyl halides is 1. The van der Waals surface area contributed by atoms with Crippen molar-refractivity contribution in [3.8, 4) is 0 Å². The highest BCUT2D eigenvalue weighted by atomic mass is 35.5. The van der Waals surface area contributed by atoms with Crippen LogP contribution in [0, 0.1) is 0 Å². The summed E-state index contributed by atoms with van der Waals surface area (Å²) in [5, 5.41) is 0. The number of rotatable bonds is 21. The average Bonchev–Trinajstić information content (AvgIpc) is 2.67. The standard InChI is InChI=1S/C23H43ClO4/c1-2-27-22(25)19-17-15-13-11-9-7-5-3-4-6-8-10-12-14-16-18-20-23(26)28-21-24/h2-21H2,1H3. The largest absolute Gasteiger partial charge is 0.466 e. The van der Waals surface area contributed by atoms with Gasteiger partial charge < -0.3 is 9.47 Å². The molecular weight excluding hydrogens is 376 g/mol. The van der Waals surface area contributed by atoms with Crippen LogP contribution in [0.25, 0.3) is 0 Å². The molecule has 0 radical (unpaired) electrons. The van der Waals surface area contributed by atoms with Gasteiger partial charge in [0.1, 0.15) is 0 Å². The first kappa shape index (κ1) is 27.2. The zero-order valence-corrected chi connectivity index (χ0v) is 18.9. The van der Waals surface area contributed by atoms with Gasteiger partial charge in [-0.05, 0) is 19.8 Å². The van der Waals surface area contributed by atoms with Crippen molar-refractivity contribution < 1.29 is 19.1 Å². The third-order valence-electron chi connectivity index (χ3n) is 5.03. The number of carbonyl (C=O) groups excluding carboxylic acids is 2. The summed E-state index contributed by atoms with van der Waals surface area (Å²) in [5.41, 5.74) is 0. The van der Waals surface area contributed by atoms with E-state index in [1.807, 2.05) is 6.92 Å². The third kappa shape index (κ3) is 21.5. The Morgan fingerprint density at radius 3 is 1.11 bits per heavy atom. The van der Waals surface area contributed by atoms with Gasteiger partial charge >= 0.3 is 11.9 Å². The molecule has 0 saturated heterocycles. The van der Waals surface area contributed by atoms with Gasteiger partial charge in [0.05, 0.1) is 6.61 Å². The van der Waals surface area contributed by atoms with E-state index < -0.39 is 0 Å². The van der Waals surface area contributed by atoms with E-state index in [2.05, 4.69) is 0 Å². The zero-order chi connectivity index (χ0) is 20.7. The van der Waals surface area contributed by atoms with Crippen molar-refractivity contribution in [3.05, 3.63) is 0 Å². The van der Waals surface area contributed by atoms with E-state index in [1.54, 1.807) is 0 Å². The predicted octanol–water partition coefficient (Wildman–Crippen LogP) is 7.31. The molecule has 28 heavy (non-hydrogen) atoms. The summed E-state index contributed by atoms with van der Waals surface area (Å²) in [6.45, 7) is 2.35. The van der Waals surface area contributed by atoms with Gasteiger partial charge in [0.15, 0.2) is 6.07 Å². The Morgan fingerprint density at radius 1 is 0.536 bits per heavy atom. The fraction of sp³-hybridized carbons (Fsp3) is 0.913. The van der Waals surface area contributed by atoms with Crippen LogP contribution in [0.2, 0.25) is 0 Å². The quantitative estimate of drug-likeness (QED) is 0.111. The van der Waals surface area contributed by atoms with Crippen LogP contribution in [0.1, 0.15) is 122 Å². The summed E-state index contributed by atoms with van der Waals surface area (Å²) in [4.78, 5) is 22.3. The van der Waals surface area contributed by atoms with Crippen molar-refractivity contribution in [1.82, 2.24) is 0 Å². The molecule has 0 fully saturated rings. The maximum Gasteiger partial charge on any atom is 0.306 e. The van der Waals surface area contributed by atoms with Gasteiger partial charge in [-0.1, -0.05) is 101 Å². The molecule has 0 aromatic carbocycles. The molecule has 0 spiro atoms. The SMILES string of the molecule is CCOC(=O)CCCCCCCCCCCCCCCCCCC(=O)OCCl. The maximum absolute atomic E-state index is 11.2. The molecule has 166 valence electrons. The fourth-order valence-corrected chi connectivity index (χ4v) is 3.50. The molecule has 0 unspecified atom stereocenters. The Balaban J connectivity index is 3.08. The number of hydrogen-bond donors (Lipinski definition) is 0. The summed E-state index contributed by atoms with van der Waals surface area (Å²) in [6, 6.07) is -0.0304. The van der Waals surface area contributed by atoms with E-state index in [1.165, 1.54) is 77.0 Å². The monoisotopic (exact) mass is 418 g/mol. The van der Waals surface area contributed by atoms with Crippen LogP contribution < -0.4 is 0 Å². The summed E-state index contributed by atoms with van der Waals surface area (Å²) >= 11 is 5.34. The van der Waals surface area contributed by atoms with E-state index >= 15 is 0 Å². The smallest absolute Gasteiger partial charge is 0.306 e. The van der Waals surface area contributed by atoms with Crippen LogP contribution in [0.3, 0.4) is 0 Å². The topological polar surface area (TPSA) is 52.6 Å². The molecule has 0 bridgehead atoms. The van der Waals surface area contributed by atoms with E-state index in [-0.39, 0.29) is 18.0 Å². The number of esters is 2. The molecular formula is C23H43ClO4. The van der Waals surface area contributed by atoms with Crippen LogP contribution in [-0.2, 0) is 19.1 Å². The number of carbonyl (C=O) groups is 2. The minimum absolute atomic E-state index is 0.0304. The van der Waals surface area contributed by atoms with Gasteiger partial charge in [0.2, 0.25) is 0 Å². The first-order valence-electron chi connectivity index (χ1n) is 11.6. The molecule has 0 aromatic rings. The summed E-state index contributed by atoms with van der Waals surface area (Å²) in [7, 11) is 0. The van der Waals surface area contributed by atoms with Gasteiger partial charge in [0.25, 0.3) is 0 Å². The highest BCUT2D eigenvalue weighted by molar-refractivity contribution is 6.17. The lowest BCUT2D eigenvalue weighted by Crippen LogP contribution is -2.03. The highest BCUT2D eigenvalue weighted by Crippen LogP contribution is 2.14. The van der Waals surface area contributed by atoms with Gasteiger partial charge in [-0.15, -0.1) is 0 Å². The Kier molecular flexibility index (Phi) is 21.9. The normalized spacial score (nSPS) is 10.8. The first-order chi connectivity index (χ1) is 13.7. The molecule has 0 amide bonds. The maximum atomic E-state index is 11.2. The second-order valence-corrected chi connectivity index (χ2v) is 7.81. The second-order valence-electron chi connectivity index (χ2n) is 7.59. The number of halogens is 1. The summed E-state index contributed by atoms with van der Waals surface area (Å²) in [6.07, 6.45) is 21.1. The Bertz CT molecular complexity index is 327. The molecule has 0 aliphatic heterocycles. The molecule has 4 nitrogen and oxygen atoms in total. The van der Waals surface area contributed by atoms with Gasteiger partial charge in [0, 0.05) is 12.8 Å². The van der Waals surface area contributed by atoms with Crippen LogP contribution in [0.5, 0.6) is 0 Å². The van der Waals surface area contributed by atoms with Gasteiger partial charge in [-0.3, -0.25) is 9.59 Å². The van der Waals surface area contributed by atoms with Crippen molar-refractivity contribution in [3.63, 3.8) is 0 Å². The molecule has 0 saturated carbocycles. The Labute approximate surface area is 178 Å². The molecule has 0 N–H and O–H groups in total. The van der Waals surface area contributed by atoms with Crippen molar-refractivity contribution >= 4 is 23.5 Å². The van der Waals surface area contributed by atoms with E-state index in [0.29, 0.717) is 19.4 Å². The van der Waals surface area contributed by atoms with Crippen LogP contribution in [0.15, 0.2) is 0 Å². The minimum Gasteiger partial charge on any atom is -0.466 e. The molecule has 0 rings (SSSR count). The lowest BCUT2D eigenvalue weighted by atomic mass is 10.0. The van der Waals surface area contributed by atoms with E-state index in [9.17, 15) is 9.59 Å². The van der Waals surface area contributed by atoms with Crippen LogP contribution in [0.4, 0.5) is 0 Å². The molecule has 0 aromatic heterocycles. The lowest BCUT2D eigenvalue weighted by Gasteiger charge is -2.04. The highest BCUT2D eigenvalue weighted by Gasteiger charge is 2.02. The van der Waals surface area contributed by atoms with Gasteiger partial charge in [-0.2, -0.15) is 0 Å². The average molecular weight is 419 g/mol. The van der Waals surface area contributed by atoms with Gasteiger partial charge in [-0.25, -0.2) is 0 Å². The molecule has 0 aliphatic rings. The lowest BCUT2D eigenvalue weighted by molar-refractivity contribution is -0.143. The first-order valence-corrected chi connectivity index (χ1v) is 12.1. The van der Waals surface area contributed by atoms with Crippen LogP contribution in [-0.4, -0.2) is 24.6 Å². The number of hydrogen-bond acceptors (Lipinski definition) is 4. The second kappa shape index (κ2) is 22.5. The summed E-state index contributed by atoms with van der Waals surface area (Å²) in [5.74, 6) is -0.226. The Morgan fingerprint density at radius 2 is 0.821 bits per heavy atom. The van der Waals surface area contributed by atoms with Crippen molar-refractivity contribution in [2.24, 2.45) is 0 Å². The summed E-state index contributed by atoms with van der Waals surface area (Å²) < 4.78 is 9.63. The van der Waals surface area contributed by atoms with E-state index in [4.69, 9.17) is 21.1 Å². The molecule has 0 aliphatic carbocycles. The predicted molar refractivity (Wildman–Crippen MR) is 117 cm³/mol. The van der Waals surface area contributed by atoms with E-state index in [0.717, 1.165) is 25.7 Å². The number of unbranched alkanes of at least 4 members (excludes halogenated alkanes) is 15. The number of ether oxygens (including phenoxy) is 2. The van der Waals surface area contributed by atoms with Crippen molar-refractivity contribution in [2.75, 3.05) is 12.7 Å². The third-order valence-corrected chi connectivity index (χ3v) is 5.14.